The predicted molar refractivity (Wildman–Crippen MR) is 83.7 cm³/mol. The molecule has 7 heteroatoms. The minimum atomic E-state index is -0.606. The molecule has 0 spiro atoms. The van der Waals surface area contributed by atoms with Gasteiger partial charge in [0.1, 0.15) is 0 Å². The Morgan fingerprint density at radius 3 is 2.65 bits per heavy atom. The van der Waals surface area contributed by atoms with Gasteiger partial charge in [-0.1, -0.05) is 0 Å². The van der Waals surface area contributed by atoms with Gasteiger partial charge in [-0.3, -0.25) is 15.0 Å². The standard InChI is InChI=1S/C16H22N2O5/c1-2-23-14-9-10(8-13(16(14)20)18(21)22)7-12-15(19)11-3-5-17(12)6-4-11/h8-9,11-12,15,19-20H,2-7H2,1H3. The highest BCUT2D eigenvalue weighted by Crippen LogP contribution is 2.39. The summed E-state index contributed by atoms with van der Waals surface area (Å²) in [5.74, 6) is 0.0113. The smallest absolute Gasteiger partial charge is 0.314 e. The number of nitro benzene ring substituents is 1. The third kappa shape index (κ3) is 2.98. The van der Waals surface area contributed by atoms with Crippen LogP contribution in [0.2, 0.25) is 0 Å². The van der Waals surface area contributed by atoms with E-state index in [0.717, 1.165) is 25.9 Å². The Hall–Kier alpha value is -1.86. The number of phenolic OH excluding ortho intramolecular Hbond substituents is 1. The summed E-state index contributed by atoms with van der Waals surface area (Å²) in [6.07, 6.45) is 2.13. The van der Waals surface area contributed by atoms with Crippen molar-refractivity contribution in [1.82, 2.24) is 4.90 Å². The average molecular weight is 322 g/mol. The predicted octanol–water partition coefficient (Wildman–Crippen LogP) is 1.70. The molecule has 2 bridgehead atoms. The number of ether oxygens (including phenoxy) is 1. The maximum absolute atomic E-state index is 11.1. The molecule has 2 N–H and O–H groups in total. The minimum Gasteiger partial charge on any atom is -0.500 e. The Morgan fingerprint density at radius 2 is 2.09 bits per heavy atom. The molecule has 0 amide bonds. The lowest BCUT2D eigenvalue weighted by Crippen LogP contribution is -2.58. The molecule has 126 valence electrons. The van der Waals surface area contributed by atoms with E-state index in [1.807, 2.05) is 0 Å². The Balaban J connectivity index is 1.88. The number of aromatic hydroxyl groups is 1. The second kappa shape index (κ2) is 6.33. The fourth-order valence-electron chi connectivity index (χ4n) is 3.79. The lowest BCUT2D eigenvalue weighted by Gasteiger charge is -2.49. The van der Waals surface area contributed by atoms with E-state index in [-0.39, 0.29) is 17.5 Å². The molecule has 0 aliphatic carbocycles. The van der Waals surface area contributed by atoms with E-state index in [1.165, 1.54) is 6.07 Å². The SMILES string of the molecule is CCOc1cc(CC2C(O)C3CCN2CC3)cc([N+](=O)[O-])c1O. The number of aliphatic hydroxyl groups is 1. The zero-order chi connectivity index (χ0) is 16.6. The van der Waals surface area contributed by atoms with Crippen LogP contribution in [0.15, 0.2) is 12.1 Å². The first-order valence-electron chi connectivity index (χ1n) is 8.06. The molecule has 23 heavy (non-hydrogen) atoms. The summed E-state index contributed by atoms with van der Waals surface area (Å²) >= 11 is 0. The van der Waals surface area contributed by atoms with Crippen LogP contribution in [0.4, 0.5) is 5.69 Å². The van der Waals surface area contributed by atoms with Crippen LogP contribution in [0.1, 0.15) is 25.3 Å². The lowest BCUT2D eigenvalue weighted by atomic mass is 9.78. The highest BCUT2D eigenvalue weighted by Gasteiger charge is 2.41. The summed E-state index contributed by atoms with van der Waals surface area (Å²) in [4.78, 5) is 12.8. The van der Waals surface area contributed by atoms with Crippen molar-refractivity contribution in [1.29, 1.82) is 0 Å². The second-order valence-electron chi connectivity index (χ2n) is 6.29. The molecule has 0 radical (unpaired) electrons. The Morgan fingerprint density at radius 1 is 1.39 bits per heavy atom. The maximum atomic E-state index is 11.1. The van der Waals surface area contributed by atoms with Crippen molar-refractivity contribution >= 4 is 5.69 Å². The summed E-state index contributed by atoms with van der Waals surface area (Å²) < 4.78 is 5.32. The van der Waals surface area contributed by atoms with Gasteiger partial charge in [-0.2, -0.15) is 0 Å². The molecule has 3 saturated heterocycles. The van der Waals surface area contributed by atoms with E-state index in [0.29, 0.717) is 24.5 Å². The molecule has 3 aliphatic heterocycles. The van der Waals surface area contributed by atoms with Crippen LogP contribution >= 0.6 is 0 Å². The number of phenols is 1. The molecule has 3 aliphatic rings. The topological polar surface area (TPSA) is 96.1 Å². The van der Waals surface area contributed by atoms with Crippen LogP contribution in [-0.2, 0) is 6.42 Å². The Labute approximate surface area is 134 Å². The van der Waals surface area contributed by atoms with Gasteiger partial charge < -0.3 is 14.9 Å². The lowest BCUT2D eigenvalue weighted by molar-refractivity contribution is -0.386. The summed E-state index contributed by atoms with van der Waals surface area (Å²) in [6, 6.07) is 3.00. The third-order valence-corrected chi connectivity index (χ3v) is 4.98. The van der Waals surface area contributed by atoms with E-state index in [4.69, 9.17) is 4.74 Å². The van der Waals surface area contributed by atoms with Crippen molar-refractivity contribution in [2.45, 2.75) is 38.3 Å². The third-order valence-electron chi connectivity index (χ3n) is 4.98. The first kappa shape index (κ1) is 16.0. The molecular weight excluding hydrogens is 300 g/mol. The van der Waals surface area contributed by atoms with E-state index >= 15 is 0 Å². The van der Waals surface area contributed by atoms with E-state index in [2.05, 4.69) is 4.90 Å². The van der Waals surface area contributed by atoms with Gasteiger partial charge in [-0.25, -0.2) is 0 Å². The van der Waals surface area contributed by atoms with Gasteiger partial charge in [-0.05, 0) is 56.8 Å². The molecule has 2 atom stereocenters. The van der Waals surface area contributed by atoms with Gasteiger partial charge in [0.15, 0.2) is 5.75 Å². The molecule has 4 rings (SSSR count). The number of piperidine rings is 3. The fraction of sp³-hybridized carbons (Fsp3) is 0.625. The maximum Gasteiger partial charge on any atom is 0.314 e. The van der Waals surface area contributed by atoms with Crippen molar-refractivity contribution < 1.29 is 19.9 Å². The molecule has 0 aromatic heterocycles. The number of rotatable bonds is 5. The monoisotopic (exact) mass is 322 g/mol. The Bertz CT molecular complexity index is 596. The van der Waals surface area contributed by atoms with E-state index < -0.39 is 16.8 Å². The molecule has 7 nitrogen and oxygen atoms in total. The van der Waals surface area contributed by atoms with Crippen molar-refractivity contribution in [3.05, 3.63) is 27.8 Å². The van der Waals surface area contributed by atoms with Gasteiger partial charge in [0.2, 0.25) is 5.75 Å². The molecule has 1 aromatic carbocycles. The number of aliphatic hydroxyl groups excluding tert-OH is 1. The largest absolute Gasteiger partial charge is 0.500 e. The van der Waals surface area contributed by atoms with Crippen LogP contribution in [0.5, 0.6) is 11.5 Å². The zero-order valence-corrected chi connectivity index (χ0v) is 13.1. The van der Waals surface area contributed by atoms with E-state index in [1.54, 1.807) is 13.0 Å². The first-order valence-corrected chi connectivity index (χ1v) is 8.06. The molecular formula is C16H22N2O5. The fourth-order valence-corrected chi connectivity index (χ4v) is 3.79. The minimum absolute atomic E-state index is 0.0267. The normalized spacial score (nSPS) is 29.5. The van der Waals surface area contributed by atoms with Crippen LogP contribution in [0.25, 0.3) is 0 Å². The van der Waals surface area contributed by atoms with Gasteiger partial charge in [0.05, 0.1) is 17.6 Å². The summed E-state index contributed by atoms with van der Waals surface area (Å²) in [5, 5.41) is 31.6. The van der Waals surface area contributed by atoms with Gasteiger partial charge in [0.25, 0.3) is 0 Å². The van der Waals surface area contributed by atoms with Gasteiger partial charge in [-0.15, -0.1) is 0 Å². The van der Waals surface area contributed by atoms with Crippen LogP contribution in [0, 0.1) is 16.0 Å². The van der Waals surface area contributed by atoms with Crippen LogP contribution < -0.4 is 4.74 Å². The van der Waals surface area contributed by atoms with Crippen LogP contribution in [0.3, 0.4) is 0 Å². The van der Waals surface area contributed by atoms with Crippen molar-refractivity contribution in [3.63, 3.8) is 0 Å². The quantitative estimate of drug-likeness (QED) is 0.633. The number of nitrogens with zero attached hydrogens (tertiary/aromatic N) is 2. The zero-order valence-electron chi connectivity index (χ0n) is 13.1. The van der Waals surface area contributed by atoms with Gasteiger partial charge in [0, 0.05) is 12.1 Å². The van der Waals surface area contributed by atoms with Crippen LogP contribution in [-0.4, -0.2) is 51.9 Å². The number of benzene rings is 1. The summed E-state index contributed by atoms with van der Waals surface area (Å²) in [6.45, 7) is 4.00. The van der Waals surface area contributed by atoms with Crippen molar-refractivity contribution in [2.75, 3.05) is 19.7 Å². The summed E-state index contributed by atoms with van der Waals surface area (Å²) in [5.41, 5.74) is 0.353. The molecule has 3 fully saturated rings. The number of fused-ring (bicyclic) bond motifs is 3. The first-order chi connectivity index (χ1) is 11.0. The number of hydrogen-bond acceptors (Lipinski definition) is 6. The van der Waals surface area contributed by atoms with Crippen molar-refractivity contribution in [3.8, 4) is 11.5 Å². The molecule has 2 unspecified atom stereocenters. The Kier molecular flexibility index (Phi) is 4.41. The second-order valence-corrected chi connectivity index (χ2v) is 6.29. The average Bonchev–Trinajstić information content (AvgIpc) is 2.54. The molecule has 0 saturated carbocycles. The summed E-state index contributed by atoms with van der Waals surface area (Å²) in [7, 11) is 0. The number of nitro groups is 1. The molecule has 1 aromatic rings. The van der Waals surface area contributed by atoms with Gasteiger partial charge >= 0.3 is 5.69 Å². The van der Waals surface area contributed by atoms with Crippen molar-refractivity contribution in [2.24, 2.45) is 5.92 Å². The molecule has 3 heterocycles. The number of hydrogen-bond donors (Lipinski definition) is 2. The van der Waals surface area contributed by atoms with E-state index in [9.17, 15) is 20.3 Å². The highest BCUT2D eigenvalue weighted by atomic mass is 16.6. The highest BCUT2D eigenvalue weighted by molar-refractivity contribution is 5.57.